The molecule has 0 saturated carbocycles. The molecule has 0 unspecified atom stereocenters. The van der Waals surface area contributed by atoms with E-state index < -0.39 is 0 Å². The zero-order valence-corrected chi connectivity index (χ0v) is 63.4. The van der Waals surface area contributed by atoms with Gasteiger partial charge in [-0.15, -0.1) is 0 Å². The van der Waals surface area contributed by atoms with Crippen LogP contribution >= 0.6 is 0 Å². The Morgan fingerprint density at radius 3 is 0.896 bits per heavy atom. The number of allylic oxidation sites excluding steroid dienone is 6. The van der Waals surface area contributed by atoms with Crippen molar-refractivity contribution in [3.8, 4) is 0 Å². The summed E-state index contributed by atoms with van der Waals surface area (Å²) in [5, 5.41) is 2.56. The van der Waals surface area contributed by atoms with Crippen LogP contribution in [0.3, 0.4) is 0 Å². The Hall–Kier alpha value is -6.36. The molecule has 8 nitrogen and oxygen atoms in total. The van der Waals surface area contributed by atoms with E-state index in [1.807, 2.05) is 14.4 Å². The zero-order valence-electron chi connectivity index (χ0n) is 60.9. The molecule has 9 rings (SSSR count). The van der Waals surface area contributed by atoms with Gasteiger partial charge in [0, 0.05) is 68.3 Å². The number of hydrogen-bond donors (Lipinski definition) is 0. The summed E-state index contributed by atoms with van der Waals surface area (Å²) in [5.41, 5.74) is 57.0. The van der Waals surface area contributed by atoms with E-state index in [1.54, 1.807) is 14.2 Å². The average Bonchev–Trinajstić information content (AvgIpc) is 1.66. The molecule has 0 saturated heterocycles. The van der Waals surface area contributed by atoms with Gasteiger partial charge in [0.25, 0.3) is 0 Å². The van der Waals surface area contributed by atoms with Crippen molar-refractivity contribution >= 4 is 34.2 Å². The Kier molecular flexibility index (Phi) is 38.5. The van der Waals surface area contributed by atoms with E-state index >= 15 is 0 Å². The molecular weight excluding hydrogens is 1310 g/mol. The molecule has 0 spiro atoms. The van der Waals surface area contributed by atoms with Gasteiger partial charge < -0.3 is 16.6 Å². The molecule has 522 valence electrons. The van der Waals surface area contributed by atoms with E-state index in [4.69, 9.17) is 0 Å². The maximum absolute atomic E-state index is 11.2. The van der Waals surface area contributed by atoms with Crippen LogP contribution in [0.2, 0.25) is 10.8 Å². The van der Waals surface area contributed by atoms with Crippen molar-refractivity contribution in [2.24, 2.45) is 0 Å². The van der Waals surface area contributed by atoms with Crippen molar-refractivity contribution in [1.29, 1.82) is 0 Å². The van der Waals surface area contributed by atoms with Crippen LogP contribution in [0.4, 0.5) is 0 Å². The summed E-state index contributed by atoms with van der Waals surface area (Å²) < 4.78 is 13.3. The molecule has 0 bridgehead atoms. The van der Waals surface area contributed by atoms with Gasteiger partial charge in [-0.25, -0.2) is 14.1 Å². The normalized spacial score (nSPS) is 13.4. The van der Waals surface area contributed by atoms with E-state index in [0.29, 0.717) is 0 Å². The molecule has 10 heteroatoms. The van der Waals surface area contributed by atoms with Crippen molar-refractivity contribution in [2.45, 2.75) is 235 Å². The van der Waals surface area contributed by atoms with Gasteiger partial charge >= 0.3 is 78.9 Å². The Balaban J connectivity index is 0.000000243. The maximum atomic E-state index is 11.2. The topological polar surface area (TPSA) is 94.4 Å². The van der Waals surface area contributed by atoms with Crippen LogP contribution in [0, 0.1) is 0 Å². The first-order valence-electron chi connectivity index (χ1n) is 36.3. The summed E-state index contributed by atoms with van der Waals surface area (Å²) in [7, 11) is 3.22. The third-order valence-corrected chi connectivity index (χ3v) is 19.0. The number of nitrogens with zero attached hydrogens (tertiary/aromatic N) is 6. The van der Waals surface area contributed by atoms with Crippen molar-refractivity contribution in [3.63, 3.8) is 0 Å². The van der Waals surface area contributed by atoms with Gasteiger partial charge in [-0.05, 0) is 196 Å². The van der Waals surface area contributed by atoms with E-state index in [1.165, 1.54) is 165 Å². The van der Waals surface area contributed by atoms with Gasteiger partial charge in [0.2, 0.25) is 34.2 Å². The van der Waals surface area contributed by atoms with Crippen molar-refractivity contribution in [2.75, 3.05) is 14.2 Å². The monoisotopic (exact) mass is 1430 g/mol. The molecule has 96 heavy (non-hydrogen) atoms. The molecule has 0 amide bonds. The first-order valence-corrected chi connectivity index (χ1v) is 39.0. The fourth-order valence-electron chi connectivity index (χ4n) is 12.2. The Bertz CT molecular complexity index is 3440. The van der Waals surface area contributed by atoms with Gasteiger partial charge in [0.15, 0.2) is 0 Å². The molecule has 0 radical (unpaired) electrons. The molecule has 6 aromatic rings. The number of rotatable bonds is 33. The molecule has 3 aliphatic rings. The third-order valence-electron chi connectivity index (χ3n) is 17.5. The quantitative estimate of drug-likeness (QED) is 0.0233. The number of hydrogen-bond acceptors (Lipinski definition) is 2. The Morgan fingerprint density at radius 2 is 0.594 bits per heavy atom. The molecule has 6 aromatic carbocycles. The predicted octanol–water partition coefficient (Wildman–Crippen LogP) is 25.7. The van der Waals surface area contributed by atoms with Crippen LogP contribution in [0.25, 0.3) is 50.8 Å². The first kappa shape index (κ1) is 80.3. The van der Waals surface area contributed by atoms with Gasteiger partial charge in [-0.3, -0.25) is 0 Å². The fourth-order valence-corrected chi connectivity index (χ4v) is 12.9. The zero-order chi connectivity index (χ0) is 69.5. The van der Waals surface area contributed by atoms with Gasteiger partial charge in [0.05, 0.1) is 0 Å². The van der Waals surface area contributed by atoms with Gasteiger partial charge in [-0.1, -0.05) is 193 Å². The minimum absolute atomic E-state index is 0.0444. The van der Waals surface area contributed by atoms with Crippen LogP contribution in [0.1, 0.15) is 252 Å². The number of benzene rings is 6. The molecule has 0 N–H and O–H groups in total. The van der Waals surface area contributed by atoms with Crippen molar-refractivity contribution < 1.29 is 54.2 Å². The Morgan fingerprint density at radius 1 is 0.312 bits per heavy atom. The van der Waals surface area contributed by atoms with E-state index in [9.17, 15) is 16.6 Å². The molecule has 0 atom stereocenters. The van der Waals surface area contributed by atoms with Crippen LogP contribution in [0.5, 0.6) is 0 Å². The molecule has 0 aliphatic carbocycles. The summed E-state index contributed by atoms with van der Waals surface area (Å²) in [4.78, 5) is 0. The van der Waals surface area contributed by atoms with Crippen LogP contribution in [0.15, 0.2) is 181 Å². The second kappa shape index (κ2) is 46.0. The predicted molar refractivity (Wildman–Crippen MR) is 401 cm³/mol. The number of unbranched alkanes of at least 4 members (excludes halogenated alkanes) is 9. The molecule has 0 fully saturated rings. The van der Waals surface area contributed by atoms with Crippen molar-refractivity contribution in [3.05, 3.63) is 264 Å². The summed E-state index contributed by atoms with van der Waals surface area (Å²) in [6, 6.07) is 51.6. The average molecular weight is 1430 g/mol. The molecule has 0 aromatic heterocycles. The molecule has 3 aliphatic heterocycles. The standard InChI is InChI=1S/C28H36N2.2C26H32N2.2C2H5.2CH3O.Ni.Pd/c1-4-7-8-9-10-11-16-26-21-27(24-17-12-14-22(5-2)19-24)30(29)28(26)25-18-13-15-23(6-3)20-25;2*1-4-7-11-20-13-9-15-23(17-20)25-19-22(6-3)26(28(25)27)24-16-10-14-21(18-24)12-8-5-2;4*1-2;;/h12-15,17-21H,4-11,16H2,1-3H3;2*9-10,13-19H,4-8,11-12H2,1-3H3;2*1H2,2H3;2*1H3;;/q;;;;;2*-1;;+2. The fraction of sp³-hybridized carbons (Fsp3) is 0.442. The third kappa shape index (κ3) is 25.2. The van der Waals surface area contributed by atoms with Crippen LogP contribution in [-0.4, -0.2) is 28.3 Å². The van der Waals surface area contributed by atoms with E-state index in [-0.39, 0.29) is 18.7 Å². The second-order valence-electron chi connectivity index (χ2n) is 24.6. The number of aryl methyl sites for hydroxylation is 6. The first-order chi connectivity index (χ1) is 46.8. The SMILES string of the molecule is CCCCCCCCC1=C(c2cccc(CC)c2)[N+](=[N-])C(c2cccc(CC)c2)=C1.CCCCc1cccc(C2=CC(CC)=C(c3cccc(CCCC)c3)[N+]2=[N-])c1.CCCCc1cccc(C2=CC(CC)=C(c3cccc(CCCC)c3)[N+]2=[N-])c1.C[CH2][Ni][CH2]C.C[O][Pd][O]C. The summed E-state index contributed by atoms with van der Waals surface area (Å²) in [6.07, 6.45) is 32.9. The summed E-state index contributed by atoms with van der Waals surface area (Å²) >= 11 is 1.86. The van der Waals surface area contributed by atoms with E-state index in [2.05, 4.69) is 247 Å². The summed E-state index contributed by atoms with van der Waals surface area (Å²) in [6.45, 7) is 24.2. The van der Waals surface area contributed by atoms with Crippen LogP contribution in [-0.2, 0) is 78.6 Å². The molecule has 3 heterocycles. The van der Waals surface area contributed by atoms with E-state index in [0.717, 1.165) is 125 Å². The minimum atomic E-state index is 0.0444. The Labute approximate surface area is 596 Å². The second-order valence-corrected chi connectivity index (χ2v) is 28.0. The molecular formula is C86H116N6NiO2Pd. The van der Waals surface area contributed by atoms with Gasteiger partial charge in [0.1, 0.15) is 0 Å². The van der Waals surface area contributed by atoms with Crippen LogP contribution < -0.4 is 0 Å². The summed E-state index contributed by atoms with van der Waals surface area (Å²) in [5.74, 6) is 0. The van der Waals surface area contributed by atoms with Crippen molar-refractivity contribution in [1.82, 2.24) is 0 Å². The van der Waals surface area contributed by atoms with Gasteiger partial charge in [-0.2, -0.15) is 0 Å².